The molecule has 6 heteroatoms. The maximum Gasteiger partial charge on any atom is 0.592 e. The van der Waals surface area contributed by atoms with Crippen LogP contribution < -0.4 is 9.05 Å². The molecule has 0 heterocycles. The van der Waals surface area contributed by atoms with Crippen LogP contribution in [0.1, 0.15) is 66.2 Å². The molecule has 0 N–H and O–H groups in total. The molecule has 0 saturated heterocycles. The number of hydrogen-bond donors (Lipinski definition) is 0. The Morgan fingerprint density at radius 2 is 1.25 bits per heavy atom. The first kappa shape index (κ1) is 21.2. The van der Waals surface area contributed by atoms with Crippen molar-refractivity contribution in [2.45, 2.75) is 66.2 Å². The molecule has 0 aromatic heterocycles. The predicted octanol–water partition coefficient (Wildman–Crippen LogP) is 8.12. The molecule has 2 aliphatic rings. The Morgan fingerprint density at radius 1 is 0.821 bits per heavy atom. The maximum atomic E-state index is 12.7. The number of rotatable bonds is 6. The Kier molecular flexibility index (Phi) is 7.07. The highest BCUT2D eigenvalue weighted by atomic mass is 31.1. The zero-order valence-electron chi connectivity index (χ0n) is 17.2. The summed E-state index contributed by atoms with van der Waals surface area (Å²) in [6, 6.07) is 7.00. The van der Waals surface area contributed by atoms with Gasteiger partial charge in [-0.1, -0.05) is 19.9 Å². The van der Waals surface area contributed by atoms with Gasteiger partial charge in [0.25, 0.3) is 0 Å². The van der Waals surface area contributed by atoms with Crippen LogP contribution >= 0.6 is 16.1 Å². The lowest BCUT2D eigenvalue weighted by Crippen LogP contribution is -2.06. The standard InChI is InChI=1S/C22H30O4P2/c1-15-8-5-12-21(17(15)3)27(23)25-19-10-7-11-20(14-19)26-28(24)22-13-6-9-16(2)18(22)4/h7,10-11,14-16H,5-6,8-9,12-13H2,1-4H3/q+2. The molecule has 150 valence electrons. The van der Waals surface area contributed by atoms with E-state index in [0.29, 0.717) is 23.3 Å². The zero-order chi connectivity index (χ0) is 20.3. The molecule has 2 aliphatic carbocycles. The van der Waals surface area contributed by atoms with Gasteiger partial charge in [0, 0.05) is 18.9 Å². The lowest BCUT2D eigenvalue weighted by Gasteiger charge is -2.17. The van der Waals surface area contributed by atoms with Crippen molar-refractivity contribution >= 4 is 16.1 Å². The van der Waals surface area contributed by atoms with Crippen molar-refractivity contribution in [1.82, 2.24) is 0 Å². The summed E-state index contributed by atoms with van der Waals surface area (Å²) in [5.41, 5.74) is 2.38. The third-order valence-electron chi connectivity index (χ3n) is 6.11. The molecule has 0 saturated carbocycles. The van der Waals surface area contributed by atoms with E-state index in [1.807, 2.05) is 0 Å². The van der Waals surface area contributed by atoms with Crippen LogP contribution in [-0.2, 0) is 9.13 Å². The van der Waals surface area contributed by atoms with Gasteiger partial charge in [-0.3, -0.25) is 9.05 Å². The fourth-order valence-electron chi connectivity index (χ4n) is 3.91. The van der Waals surface area contributed by atoms with Crippen LogP contribution in [0, 0.1) is 11.8 Å². The lowest BCUT2D eigenvalue weighted by molar-refractivity contribution is 0.487. The van der Waals surface area contributed by atoms with Crippen LogP contribution in [0.2, 0.25) is 0 Å². The van der Waals surface area contributed by atoms with E-state index in [-0.39, 0.29) is 0 Å². The molecule has 0 spiro atoms. The second kappa shape index (κ2) is 9.33. The zero-order valence-corrected chi connectivity index (χ0v) is 19.0. The van der Waals surface area contributed by atoms with Gasteiger partial charge >= 0.3 is 16.1 Å². The van der Waals surface area contributed by atoms with Gasteiger partial charge in [0.15, 0.2) is 11.5 Å². The Balaban J connectivity index is 1.71. The van der Waals surface area contributed by atoms with Crippen molar-refractivity contribution in [3.05, 3.63) is 46.0 Å². The Hall–Kier alpha value is -1.50. The highest BCUT2D eigenvalue weighted by Crippen LogP contribution is 2.47. The summed E-state index contributed by atoms with van der Waals surface area (Å²) in [6.07, 6.45) is 6.05. The summed E-state index contributed by atoms with van der Waals surface area (Å²) in [5, 5.41) is 1.87. The van der Waals surface area contributed by atoms with E-state index in [4.69, 9.17) is 9.05 Å². The van der Waals surface area contributed by atoms with Crippen LogP contribution in [0.5, 0.6) is 11.5 Å². The summed E-state index contributed by atoms with van der Waals surface area (Å²) < 4.78 is 37.0. The van der Waals surface area contributed by atoms with Gasteiger partial charge < -0.3 is 0 Å². The molecule has 0 amide bonds. The topological polar surface area (TPSA) is 52.6 Å². The molecule has 4 atom stereocenters. The Labute approximate surface area is 170 Å². The van der Waals surface area contributed by atoms with E-state index in [1.165, 1.54) is 11.1 Å². The van der Waals surface area contributed by atoms with Crippen molar-refractivity contribution in [3.8, 4) is 11.5 Å². The van der Waals surface area contributed by atoms with E-state index in [9.17, 15) is 9.13 Å². The number of hydrogen-bond acceptors (Lipinski definition) is 4. The van der Waals surface area contributed by atoms with Gasteiger partial charge in [-0.05, 0) is 83.8 Å². The van der Waals surface area contributed by atoms with Crippen LogP contribution in [0.25, 0.3) is 0 Å². The van der Waals surface area contributed by atoms with Crippen molar-refractivity contribution in [3.63, 3.8) is 0 Å². The summed E-state index contributed by atoms with van der Waals surface area (Å²) in [4.78, 5) is 0. The van der Waals surface area contributed by atoms with E-state index in [2.05, 4.69) is 27.7 Å². The van der Waals surface area contributed by atoms with Crippen molar-refractivity contribution in [1.29, 1.82) is 0 Å². The number of allylic oxidation sites excluding steroid dienone is 4. The highest BCUT2D eigenvalue weighted by molar-refractivity contribution is 7.45. The first-order valence-corrected chi connectivity index (χ1v) is 12.5. The molecule has 0 bridgehead atoms. The van der Waals surface area contributed by atoms with E-state index in [1.54, 1.807) is 24.3 Å². The SMILES string of the molecule is CC1=C([P+](=O)Oc2cccc(O[P+](=O)C3=C(C)C(C)CCC3)c2)CCCC1C. The lowest BCUT2D eigenvalue weighted by atomic mass is 9.90. The summed E-state index contributed by atoms with van der Waals surface area (Å²) in [5.74, 6) is 1.89. The van der Waals surface area contributed by atoms with Crippen molar-refractivity contribution in [2.24, 2.45) is 11.8 Å². The van der Waals surface area contributed by atoms with Gasteiger partial charge in [-0.2, -0.15) is 0 Å². The van der Waals surface area contributed by atoms with Crippen molar-refractivity contribution in [2.75, 3.05) is 0 Å². The summed E-state index contributed by atoms with van der Waals surface area (Å²) in [6.45, 7) is 8.46. The second-order valence-corrected chi connectivity index (χ2v) is 10.5. The second-order valence-electron chi connectivity index (χ2n) is 8.02. The van der Waals surface area contributed by atoms with Gasteiger partial charge in [0.2, 0.25) is 10.6 Å². The monoisotopic (exact) mass is 420 g/mol. The molecule has 28 heavy (non-hydrogen) atoms. The first-order valence-electron chi connectivity index (χ1n) is 10.2. The summed E-state index contributed by atoms with van der Waals surface area (Å²) >= 11 is 0. The molecule has 0 fully saturated rings. The smallest absolute Gasteiger partial charge is 0.250 e. The van der Waals surface area contributed by atoms with Gasteiger partial charge in [-0.15, -0.1) is 0 Å². The largest absolute Gasteiger partial charge is 0.592 e. The van der Waals surface area contributed by atoms with Gasteiger partial charge in [0.1, 0.15) is 0 Å². The minimum atomic E-state index is -1.91. The molecular weight excluding hydrogens is 390 g/mol. The molecule has 0 aliphatic heterocycles. The maximum absolute atomic E-state index is 12.7. The first-order chi connectivity index (χ1) is 13.4. The Bertz CT molecular complexity index is 775. The van der Waals surface area contributed by atoms with E-state index >= 15 is 0 Å². The van der Waals surface area contributed by atoms with Crippen LogP contribution in [0.3, 0.4) is 0 Å². The van der Waals surface area contributed by atoms with Gasteiger partial charge in [-0.25, -0.2) is 0 Å². The highest BCUT2D eigenvalue weighted by Gasteiger charge is 2.35. The van der Waals surface area contributed by atoms with Crippen LogP contribution in [-0.4, -0.2) is 0 Å². The third-order valence-corrected chi connectivity index (χ3v) is 8.90. The molecule has 1 aromatic carbocycles. The van der Waals surface area contributed by atoms with Crippen LogP contribution in [0.15, 0.2) is 46.0 Å². The molecular formula is C22H30O4P2+2. The number of benzene rings is 1. The van der Waals surface area contributed by atoms with Crippen molar-refractivity contribution < 1.29 is 18.2 Å². The average molecular weight is 420 g/mol. The fourth-order valence-corrected chi connectivity index (χ4v) is 6.44. The fraction of sp³-hybridized carbons (Fsp3) is 0.545. The molecule has 4 nitrogen and oxygen atoms in total. The minimum Gasteiger partial charge on any atom is -0.250 e. The van der Waals surface area contributed by atoms with Crippen LogP contribution in [0.4, 0.5) is 0 Å². The quantitative estimate of drug-likeness (QED) is 0.436. The van der Waals surface area contributed by atoms with E-state index < -0.39 is 16.1 Å². The summed E-state index contributed by atoms with van der Waals surface area (Å²) in [7, 11) is -3.81. The van der Waals surface area contributed by atoms with E-state index in [0.717, 1.165) is 49.2 Å². The molecule has 4 unspecified atom stereocenters. The predicted molar refractivity (Wildman–Crippen MR) is 114 cm³/mol. The molecule has 1 aromatic rings. The normalized spacial score (nSPS) is 24.1. The van der Waals surface area contributed by atoms with Gasteiger partial charge in [0.05, 0.1) is 0 Å². The minimum absolute atomic E-state index is 0.458. The average Bonchev–Trinajstić information content (AvgIpc) is 2.66. The molecule has 3 rings (SSSR count). The molecule has 0 radical (unpaired) electrons. The third kappa shape index (κ3) is 4.91. The Morgan fingerprint density at radius 3 is 1.68 bits per heavy atom.